The molecule has 1 heterocycles. The number of fused-ring (bicyclic) bond motifs is 3. The molecule has 0 aromatic heterocycles. The van der Waals surface area contributed by atoms with Gasteiger partial charge in [0.05, 0.1) is 0 Å². The molecule has 0 bridgehead atoms. The second-order valence-electron chi connectivity index (χ2n) is 12.8. The van der Waals surface area contributed by atoms with E-state index >= 15 is 0 Å². The molecule has 3 aromatic carbocycles. The van der Waals surface area contributed by atoms with Crippen molar-refractivity contribution < 1.29 is 22.8 Å². The van der Waals surface area contributed by atoms with Crippen molar-refractivity contribution in [2.75, 3.05) is 26.2 Å². The third-order valence-electron chi connectivity index (χ3n) is 8.80. The molecule has 49 heavy (non-hydrogen) atoms. The van der Waals surface area contributed by atoms with Crippen LogP contribution in [0.2, 0.25) is 0 Å². The van der Waals surface area contributed by atoms with Crippen molar-refractivity contribution in [3.8, 4) is 11.1 Å². The van der Waals surface area contributed by atoms with Gasteiger partial charge in [0.1, 0.15) is 12.0 Å². The largest absolute Gasteiger partial charge is 0.405 e. The van der Waals surface area contributed by atoms with E-state index in [1.54, 1.807) is 0 Å². The van der Waals surface area contributed by atoms with Gasteiger partial charge in [0.25, 0.3) is 5.91 Å². The molecule has 1 aliphatic carbocycles. The predicted octanol–water partition coefficient (Wildman–Crippen LogP) is 9.68. The maximum Gasteiger partial charge on any atom is 0.405 e. The van der Waals surface area contributed by atoms with Crippen molar-refractivity contribution in [1.29, 1.82) is 0 Å². The van der Waals surface area contributed by atoms with Gasteiger partial charge in [-0.1, -0.05) is 129 Å². The number of rotatable bonds is 9. The summed E-state index contributed by atoms with van der Waals surface area (Å²) in [6, 6.07) is 22.9. The summed E-state index contributed by atoms with van der Waals surface area (Å²) in [5, 5.41) is 5.36. The zero-order valence-corrected chi connectivity index (χ0v) is 31.1. The van der Waals surface area contributed by atoms with Crippen LogP contribution < -0.4 is 10.6 Å². The number of hydrogen-bond donors (Lipinski definition) is 2. The highest BCUT2D eigenvalue weighted by Crippen LogP contribution is 2.51. The first kappa shape index (κ1) is 41.5. The van der Waals surface area contributed by atoms with E-state index in [4.69, 9.17) is 0 Å². The molecule has 1 fully saturated rings. The van der Waals surface area contributed by atoms with Crippen molar-refractivity contribution in [3.63, 3.8) is 0 Å². The molecule has 1 unspecified atom stereocenters. The van der Waals surface area contributed by atoms with Crippen molar-refractivity contribution in [3.05, 3.63) is 95.1 Å². The van der Waals surface area contributed by atoms with Crippen LogP contribution in [0.3, 0.4) is 0 Å². The van der Waals surface area contributed by atoms with Gasteiger partial charge in [-0.15, -0.1) is 0 Å². The van der Waals surface area contributed by atoms with Crippen LogP contribution in [0, 0.1) is 0 Å². The minimum absolute atomic E-state index is 0.0258. The number of carbonyl (C=O) groups excluding carboxylic acids is 2. The van der Waals surface area contributed by atoms with Crippen LogP contribution in [0.15, 0.2) is 72.8 Å². The number of amides is 2. The SMILES string of the molecule is CC.CC.CC.CC(C)(C)c1ccc(C(=O)NC2CCN(CCCCC3(C(=O)NCC(F)(F)F)c4ccccc4-c4ccccc43)C2)cc1. The molecule has 2 N–H and O–H groups in total. The molecule has 2 aliphatic rings. The summed E-state index contributed by atoms with van der Waals surface area (Å²) in [5.74, 6) is -0.681. The number of benzene rings is 3. The average molecular weight is 682 g/mol. The number of unbranched alkanes of at least 4 members (excludes halogenated alkanes) is 1. The number of likely N-dealkylation sites (tertiary alicyclic amines) is 1. The van der Waals surface area contributed by atoms with Gasteiger partial charge < -0.3 is 15.5 Å². The van der Waals surface area contributed by atoms with Crippen LogP contribution in [0.25, 0.3) is 11.1 Å². The summed E-state index contributed by atoms with van der Waals surface area (Å²) in [6.45, 7) is 19.5. The molecular weight excluding hydrogens is 623 g/mol. The monoisotopic (exact) mass is 681 g/mol. The second kappa shape index (κ2) is 18.9. The van der Waals surface area contributed by atoms with Gasteiger partial charge in [-0.3, -0.25) is 9.59 Å². The smallest absolute Gasteiger partial charge is 0.348 e. The molecule has 3 aromatic rings. The van der Waals surface area contributed by atoms with E-state index in [0.717, 1.165) is 54.7 Å². The Morgan fingerprint density at radius 2 is 1.33 bits per heavy atom. The van der Waals surface area contributed by atoms with Crippen LogP contribution in [0.4, 0.5) is 13.2 Å². The van der Waals surface area contributed by atoms with E-state index in [0.29, 0.717) is 18.4 Å². The van der Waals surface area contributed by atoms with Crippen LogP contribution in [-0.2, 0) is 15.6 Å². The fourth-order valence-corrected chi connectivity index (χ4v) is 6.55. The van der Waals surface area contributed by atoms with Gasteiger partial charge in [0.2, 0.25) is 5.91 Å². The lowest BCUT2D eigenvalue weighted by atomic mass is 9.73. The van der Waals surface area contributed by atoms with Crippen molar-refractivity contribution in [2.24, 2.45) is 0 Å². The highest BCUT2D eigenvalue weighted by Gasteiger charge is 2.49. The van der Waals surface area contributed by atoms with E-state index in [-0.39, 0.29) is 17.4 Å². The summed E-state index contributed by atoms with van der Waals surface area (Å²) in [6.07, 6.45) is -1.78. The minimum atomic E-state index is -4.49. The van der Waals surface area contributed by atoms with Gasteiger partial charge in [-0.25, -0.2) is 0 Å². The van der Waals surface area contributed by atoms with Gasteiger partial charge in [-0.2, -0.15) is 13.2 Å². The first-order valence-corrected chi connectivity index (χ1v) is 18.1. The summed E-state index contributed by atoms with van der Waals surface area (Å²) >= 11 is 0. The molecular formula is C41H58F3N3O2. The number of carbonyl (C=O) groups is 2. The molecule has 0 spiro atoms. The van der Waals surface area contributed by atoms with Gasteiger partial charge in [0, 0.05) is 24.7 Å². The molecule has 1 aliphatic heterocycles. The van der Waals surface area contributed by atoms with Crippen molar-refractivity contribution >= 4 is 11.8 Å². The molecule has 0 radical (unpaired) electrons. The molecule has 1 saturated heterocycles. The lowest BCUT2D eigenvalue weighted by molar-refractivity contribution is -0.141. The molecule has 5 rings (SSSR count). The van der Waals surface area contributed by atoms with Crippen molar-refractivity contribution in [2.45, 2.75) is 111 Å². The van der Waals surface area contributed by atoms with E-state index < -0.39 is 24.0 Å². The quantitative estimate of drug-likeness (QED) is 0.221. The van der Waals surface area contributed by atoms with Crippen molar-refractivity contribution in [1.82, 2.24) is 15.5 Å². The Balaban J connectivity index is 0.00000132. The van der Waals surface area contributed by atoms with E-state index in [9.17, 15) is 22.8 Å². The highest BCUT2D eigenvalue weighted by molar-refractivity contribution is 6.00. The number of nitrogens with one attached hydrogen (secondary N) is 2. The van der Waals surface area contributed by atoms with Gasteiger partial charge >= 0.3 is 6.18 Å². The summed E-state index contributed by atoms with van der Waals surface area (Å²) in [7, 11) is 0. The number of halogens is 3. The van der Waals surface area contributed by atoms with E-state index in [1.165, 1.54) is 5.56 Å². The van der Waals surface area contributed by atoms with Crippen LogP contribution in [0.5, 0.6) is 0 Å². The summed E-state index contributed by atoms with van der Waals surface area (Å²) in [4.78, 5) is 28.8. The Bertz CT molecular complexity index is 1420. The lowest BCUT2D eigenvalue weighted by Crippen LogP contribution is -2.47. The lowest BCUT2D eigenvalue weighted by Gasteiger charge is -2.31. The van der Waals surface area contributed by atoms with Gasteiger partial charge in [0.15, 0.2) is 0 Å². The molecule has 0 saturated carbocycles. The maximum atomic E-state index is 13.7. The van der Waals surface area contributed by atoms with Crippen LogP contribution in [0.1, 0.15) is 115 Å². The fourth-order valence-electron chi connectivity index (χ4n) is 6.55. The average Bonchev–Trinajstić information content (AvgIpc) is 3.68. The molecule has 5 nitrogen and oxygen atoms in total. The molecule has 1 atom stereocenters. The number of alkyl halides is 3. The Morgan fingerprint density at radius 3 is 1.84 bits per heavy atom. The fraction of sp³-hybridized carbons (Fsp3) is 0.512. The summed E-state index contributed by atoms with van der Waals surface area (Å²) < 4.78 is 39.4. The summed E-state index contributed by atoms with van der Waals surface area (Å²) in [5.41, 5.74) is 3.99. The van der Waals surface area contributed by atoms with Gasteiger partial charge in [-0.05, 0) is 71.2 Å². The van der Waals surface area contributed by atoms with E-state index in [1.807, 2.05) is 114 Å². The Morgan fingerprint density at radius 1 is 0.796 bits per heavy atom. The Kier molecular flexibility index (Phi) is 16.0. The maximum absolute atomic E-state index is 13.7. The third kappa shape index (κ3) is 10.4. The zero-order valence-electron chi connectivity index (χ0n) is 31.1. The van der Waals surface area contributed by atoms with Crippen LogP contribution >= 0.6 is 0 Å². The predicted molar refractivity (Wildman–Crippen MR) is 197 cm³/mol. The van der Waals surface area contributed by atoms with Crippen LogP contribution in [-0.4, -0.2) is 55.1 Å². The zero-order chi connectivity index (χ0) is 36.8. The minimum Gasteiger partial charge on any atom is -0.348 e. The molecule has 8 heteroatoms. The topological polar surface area (TPSA) is 61.4 Å². The number of nitrogens with zero attached hydrogens (tertiary/aromatic N) is 1. The number of hydrogen-bond acceptors (Lipinski definition) is 3. The third-order valence-corrected chi connectivity index (χ3v) is 8.80. The standard InChI is InChI=1S/C35H40F3N3O2.3C2H6/c1-33(2,3)25-16-14-24(15-17-25)31(42)40-26-18-21-41(22-26)20-9-8-19-34(32(43)39-23-35(36,37)38)29-12-6-4-10-27(29)28-11-5-7-13-30(28)34;3*1-2/h4-7,10-17,26H,8-9,18-23H2,1-3H3,(H,39,43)(H,40,42);3*1-2H3. The normalized spacial score (nSPS) is 16.0. The molecule has 2 amide bonds. The molecule has 270 valence electrons. The second-order valence-corrected chi connectivity index (χ2v) is 12.8. The first-order chi connectivity index (χ1) is 23.4. The highest BCUT2D eigenvalue weighted by atomic mass is 19.4. The Hall–Kier alpha value is -3.65. The first-order valence-electron chi connectivity index (χ1n) is 18.1. The Labute approximate surface area is 293 Å². The van der Waals surface area contributed by atoms with E-state index in [2.05, 4.69) is 36.3 Å².